The molecule has 1 N–H and O–H groups in total. The summed E-state index contributed by atoms with van der Waals surface area (Å²) in [7, 11) is 1.55. The number of anilines is 1. The summed E-state index contributed by atoms with van der Waals surface area (Å²) in [6, 6.07) is 11.7. The van der Waals surface area contributed by atoms with E-state index in [9.17, 15) is 9.59 Å². The molecule has 8 heteroatoms. The number of carbonyl (C=O) groups is 2. The van der Waals surface area contributed by atoms with Crippen LogP contribution >= 0.6 is 34.5 Å². The Bertz CT molecular complexity index is 1050. The lowest BCUT2D eigenvalue weighted by molar-refractivity contribution is 0.0529. The zero-order valence-electron chi connectivity index (χ0n) is 15.6. The van der Waals surface area contributed by atoms with Crippen LogP contribution in [0.25, 0.3) is 11.1 Å². The molecule has 0 aliphatic rings. The number of methoxy groups -OCH3 is 1. The van der Waals surface area contributed by atoms with Crippen molar-refractivity contribution in [3.05, 3.63) is 69.0 Å². The minimum absolute atomic E-state index is 0.203. The topological polar surface area (TPSA) is 64.6 Å². The largest absolute Gasteiger partial charge is 0.497 e. The molecule has 150 valence electrons. The predicted molar refractivity (Wildman–Crippen MR) is 117 cm³/mol. The van der Waals surface area contributed by atoms with E-state index in [-0.39, 0.29) is 18.1 Å². The number of ether oxygens (including phenoxy) is 2. The molecule has 29 heavy (non-hydrogen) atoms. The summed E-state index contributed by atoms with van der Waals surface area (Å²) in [5.41, 5.74) is 1.88. The summed E-state index contributed by atoms with van der Waals surface area (Å²) in [5.74, 6) is -0.252. The molecule has 1 amide bonds. The van der Waals surface area contributed by atoms with Crippen LogP contribution in [0.15, 0.2) is 47.8 Å². The normalized spacial score (nSPS) is 10.5. The van der Waals surface area contributed by atoms with Gasteiger partial charge in [-0.2, -0.15) is 0 Å². The fourth-order valence-corrected chi connectivity index (χ4v) is 4.13. The summed E-state index contributed by atoms with van der Waals surface area (Å²) in [4.78, 5) is 25.3. The van der Waals surface area contributed by atoms with E-state index < -0.39 is 5.97 Å². The first kappa shape index (κ1) is 21.2. The van der Waals surface area contributed by atoms with E-state index >= 15 is 0 Å². The number of amides is 1. The molecule has 5 nitrogen and oxygen atoms in total. The highest BCUT2D eigenvalue weighted by Crippen LogP contribution is 2.40. The average molecular weight is 450 g/mol. The smallest absolute Gasteiger partial charge is 0.341 e. The number of hydrogen-bond donors (Lipinski definition) is 1. The van der Waals surface area contributed by atoms with E-state index in [1.165, 1.54) is 11.3 Å². The maximum Gasteiger partial charge on any atom is 0.341 e. The van der Waals surface area contributed by atoms with Crippen molar-refractivity contribution in [2.45, 2.75) is 6.92 Å². The summed E-state index contributed by atoms with van der Waals surface area (Å²) in [5, 5.41) is 5.81. The number of esters is 1. The van der Waals surface area contributed by atoms with Crippen molar-refractivity contribution < 1.29 is 19.1 Å². The van der Waals surface area contributed by atoms with Crippen molar-refractivity contribution in [2.75, 3.05) is 19.0 Å². The van der Waals surface area contributed by atoms with Gasteiger partial charge in [-0.3, -0.25) is 4.79 Å². The maximum atomic E-state index is 12.7. The highest BCUT2D eigenvalue weighted by Gasteiger charge is 2.24. The Kier molecular flexibility index (Phi) is 6.79. The highest BCUT2D eigenvalue weighted by atomic mass is 35.5. The lowest BCUT2D eigenvalue weighted by Crippen LogP contribution is -2.14. The van der Waals surface area contributed by atoms with E-state index in [2.05, 4.69) is 5.32 Å². The first-order valence-corrected chi connectivity index (χ1v) is 10.3. The van der Waals surface area contributed by atoms with Gasteiger partial charge < -0.3 is 14.8 Å². The van der Waals surface area contributed by atoms with Gasteiger partial charge in [-0.25, -0.2) is 4.79 Å². The molecule has 3 rings (SSSR count). The average Bonchev–Trinajstić information content (AvgIpc) is 3.11. The fourth-order valence-electron chi connectivity index (χ4n) is 2.68. The van der Waals surface area contributed by atoms with E-state index in [0.29, 0.717) is 37.5 Å². The quantitative estimate of drug-likeness (QED) is 0.457. The van der Waals surface area contributed by atoms with Gasteiger partial charge in [-0.15, -0.1) is 11.3 Å². The van der Waals surface area contributed by atoms with Gasteiger partial charge in [0.1, 0.15) is 16.3 Å². The van der Waals surface area contributed by atoms with Gasteiger partial charge in [-0.1, -0.05) is 29.3 Å². The van der Waals surface area contributed by atoms with Gasteiger partial charge in [0.05, 0.1) is 13.7 Å². The Labute approximate surface area is 182 Å². The first-order chi connectivity index (χ1) is 13.9. The molecular formula is C21H17Cl2NO4S. The molecule has 0 saturated carbocycles. The Morgan fingerprint density at radius 3 is 2.41 bits per heavy atom. The zero-order valence-corrected chi connectivity index (χ0v) is 18.0. The van der Waals surface area contributed by atoms with E-state index in [0.717, 1.165) is 0 Å². The number of thiophene rings is 1. The summed E-state index contributed by atoms with van der Waals surface area (Å²) < 4.78 is 10.3. The van der Waals surface area contributed by atoms with Gasteiger partial charge in [0.15, 0.2) is 0 Å². The van der Waals surface area contributed by atoms with Crippen molar-refractivity contribution >= 4 is 51.4 Å². The fraction of sp³-hybridized carbons (Fsp3) is 0.143. The van der Waals surface area contributed by atoms with Crippen molar-refractivity contribution in [2.24, 2.45) is 0 Å². The van der Waals surface area contributed by atoms with Gasteiger partial charge in [0, 0.05) is 32.1 Å². The SMILES string of the molecule is CCOC(=O)c1c(-c2ccc(Cl)cc2Cl)csc1NC(=O)c1ccc(OC)cc1. The lowest BCUT2D eigenvalue weighted by Gasteiger charge is -2.10. The number of halogens is 2. The van der Waals surface area contributed by atoms with Crippen LogP contribution in [0.1, 0.15) is 27.6 Å². The molecule has 2 aromatic carbocycles. The molecule has 0 aliphatic carbocycles. The van der Waals surface area contributed by atoms with Crippen LogP contribution in [-0.4, -0.2) is 25.6 Å². The van der Waals surface area contributed by atoms with E-state index in [4.69, 9.17) is 32.7 Å². The lowest BCUT2D eigenvalue weighted by atomic mass is 10.0. The molecule has 0 radical (unpaired) electrons. The van der Waals surface area contributed by atoms with Crippen LogP contribution in [0.5, 0.6) is 5.75 Å². The molecule has 0 fully saturated rings. The molecule has 0 bridgehead atoms. The summed E-state index contributed by atoms with van der Waals surface area (Å²) >= 11 is 13.5. The number of benzene rings is 2. The van der Waals surface area contributed by atoms with Crippen LogP contribution in [0.4, 0.5) is 5.00 Å². The second kappa shape index (κ2) is 9.31. The number of carbonyl (C=O) groups excluding carboxylic acids is 2. The third-order valence-corrected chi connectivity index (χ3v) is 5.51. The van der Waals surface area contributed by atoms with Crippen LogP contribution in [0.2, 0.25) is 10.0 Å². The van der Waals surface area contributed by atoms with Gasteiger partial charge >= 0.3 is 5.97 Å². The monoisotopic (exact) mass is 449 g/mol. The minimum Gasteiger partial charge on any atom is -0.497 e. The summed E-state index contributed by atoms with van der Waals surface area (Å²) in [6.45, 7) is 1.92. The third-order valence-electron chi connectivity index (χ3n) is 4.07. The van der Waals surface area contributed by atoms with Crippen LogP contribution in [-0.2, 0) is 4.74 Å². The van der Waals surface area contributed by atoms with Crippen molar-refractivity contribution in [1.29, 1.82) is 0 Å². The Morgan fingerprint density at radius 2 is 1.79 bits per heavy atom. The summed E-state index contributed by atoms with van der Waals surface area (Å²) in [6.07, 6.45) is 0. The Balaban J connectivity index is 1.98. The van der Waals surface area contributed by atoms with Gasteiger partial charge in [0.2, 0.25) is 0 Å². The molecule has 0 unspecified atom stereocenters. The second-order valence-electron chi connectivity index (χ2n) is 5.88. The predicted octanol–water partition coefficient (Wildman–Crippen LogP) is 6.16. The van der Waals surface area contributed by atoms with E-state index in [1.54, 1.807) is 61.9 Å². The van der Waals surface area contributed by atoms with Crippen molar-refractivity contribution in [3.63, 3.8) is 0 Å². The van der Waals surface area contributed by atoms with Crippen molar-refractivity contribution in [3.8, 4) is 16.9 Å². The number of hydrogen-bond acceptors (Lipinski definition) is 5. The molecule has 3 aromatic rings. The molecule has 0 atom stereocenters. The molecular weight excluding hydrogens is 433 g/mol. The van der Waals surface area contributed by atoms with Crippen LogP contribution in [0.3, 0.4) is 0 Å². The second-order valence-corrected chi connectivity index (χ2v) is 7.60. The molecule has 0 saturated heterocycles. The molecule has 0 aliphatic heterocycles. The Morgan fingerprint density at radius 1 is 1.07 bits per heavy atom. The minimum atomic E-state index is -0.542. The van der Waals surface area contributed by atoms with Crippen LogP contribution < -0.4 is 10.1 Å². The Hall–Kier alpha value is -2.54. The molecule has 1 heterocycles. The number of rotatable bonds is 6. The standard InChI is InChI=1S/C21H17Cl2NO4S/c1-3-28-21(26)18-16(15-9-6-13(22)10-17(15)23)11-29-20(18)24-19(25)12-4-7-14(27-2)8-5-12/h4-11H,3H2,1-2H3,(H,24,25). The van der Waals surface area contributed by atoms with Crippen LogP contribution in [0, 0.1) is 0 Å². The van der Waals surface area contributed by atoms with E-state index in [1.807, 2.05) is 0 Å². The number of nitrogens with one attached hydrogen (secondary N) is 1. The maximum absolute atomic E-state index is 12.7. The molecule has 0 spiro atoms. The zero-order chi connectivity index (χ0) is 21.0. The first-order valence-electron chi connectivity index (χ1n) is 8.64. The van der Waals surface area contributed by atoms with Crippen molar-refractivity contribution in [1.82, 2.24) is 0 Å². The van der Waals surface area contributed by atoms with Gasteiger partial charge in [-0.05, 0) is 43.3 Å². The molecule has 1 aromatic heterocycles. The van der Waals surface area contributed by atoms with Gasteiger partial charge in [0.25, 0.3) is 5.91 Å². The third kappa shape index (κ3) is 4.72. The highest BCUT2D eigenvalue weighted by molar-refractivity contribution is 7.15.